The average Bonchev–Trinajstić information content (AvgIpc) is 2.65. The molecule has 9 heteroatoms. The summed E-state index contributed by atoms with van der Waals surface area (Å²) in [7, 11) is 0. The van der Waals surface area contributed by atoms with Crippen LogP contribution >= 0.6 is 15.9 Å². The Morgan fingerprint density at radius 2 is 2.10 bits per heavy atom. The lowest BCUT2D eigenvalue weighted by Crippen LogP contribution is -2.49. The van der Waals surface area contributed by atoms with Gasteiger partial charge in [0.25, 0.3) is 0 Å². The number of nitrogens with two attached hydrogens (primary N) is 1. The molecule has 2 amide bonds. The predicted molar refractivity (Wildman–Crippen MR) is 109 cm³/mol. The average molecular weight is 466 g/mol. The number of ether oxygens (including phenoxy) is 1. The molecule has 156 valence electrons. The number of amides is 2. The van der Waals surface area contributed by atoms with Gasteiger partial charge >= 0.3 is 0 Å². The Labute approximate surface area is 177 Å². The van der Waals surface area contributed by atoms with Crippen LogP contribution in [0.1, 0.15) is 32.3 Å². The van der Waals surface area contributed by atoms with Crippen LogP contribution in [0.15, 0.2) is 34.3 Å². The molecule has 1 aliphatic rings. The minimum atomic E-state index is -1.25. The van der Waals surface area contributed by atoms with Crippen molar-refractivity contribution in [2.75, 3.05) is 0 Å². The molecule has 0 saturated carbocycles. The molecule has 0 fully saturated rings. The SMILES string of the molecule is CC(C)C[C@@H](NC(=O)C1=C[C@@H](Oc2ccc(C#N)cc2Br)[C@H](O)[C@H](O)C1)C(N)=O. The minimum absolute atomic E-state index is 0.0887. The summed E-state index contributed by atoms with van der Waals surface area (Å²) < 4.78 is 6.25. The molecule has 29 heavy (non-hydrogen) atoms. The molecule has 8 nitrogen and oxygen atoms in total. The lowest BCUT2D eigenvalue weighted by Gasteiger charge is -2.31. The second kappa shape index (κ2) is 9.87. The summed E-state index contributed by atoms with van der Waals surface area (Å²) in [6.07, 6.45) is -1.76. The predicted octanol–water partition coefficient (Wildman–Crippen LogP) is 1.14. The van der Waals surface area contributed by atoms with E-state index in [2.05, 4.69) is 21.2 Å². The van der Waals surface area contributed by atoms with Crippen LogP contribution in [0.4, 0.5) is 0 Å². The van der Waals surface area contributed by atoms with Crippen molar-refractivity contribution in [1.82, 2.24) is 5.32 Å². The summed E-state index contributed by atoms with van der Waals surface area (Å²) in [4.78, 5) is 24.2. The molecule has 1 aromatic rings. The van der Waals surface area contributed by atoms with Crippen molar-refractivity contribution < 1.29 is 24.5 Å². The monoisotopic (exact) mass is 465 g/mol. The molecule has 0 unspecified atom stereocenters. The third-order valence-corrected chi connectivity index (χ3v) is 5.12. The van der Waals surface area contributed by atoms with Crippen molar-refractivity contribution in [3.05, 3.63) is 39.9 Å². The fourth-order valence-corrected chi connectivity index (χ4v) is 3.46. The number of carbonyl (C=O) groups excluding carboxylic acids is 2. The Bertz CT molecular complexity index is 849. The van der Waals surface area contributed by atoms with Crippen molar-refractivity contribution in [2.24, 2.45) is 11.7 Å². The number of hydrogen-bond donors (Lipinski definition) is 4. The number of rotatable bonds is 7. The van der Waals surface area contributed by atoms with E-state index < -0.39 is 36.2 Å². The van der Waals surface area contributed by atoms with Gasteiger partial charge in [-0.25, -0.2) is 0 Å². The van der Waals surface area contributed by atoms with Gasteiger partial charge in [0.05, 0.1) is 22.2 Å². The molecule has 0 bridgehead atoms. The fraction of sp³-hybridized carbons (Fsp3) is 0.450. The van der Waals surface area contributed by atoms with Crippen LogP contribution in [-0.4, -0.2) is 46.4 Å². The lowest BCUT2D eigenvalue weighted by atomic mass is 9.91. The van der Waals surface area contributed by atoms with Gasteiger partial charge in [-0.3, -0.25) is 9.59 Å². The van der Waals surface area contributed by atoms with Gasteiger partial charge in [0.15, 0.2) is 0 Å². The van der Waals surface area contributed by atoms with Gasteiger partial charge in [0, 0.05) is 12.0 Å². The summed E-state index contributed by atoms with van der Waals surface area (Å²) >= 11 is 3.29. The molecule has 0 heterocycles. The number of nitrogens with one attached hydrogen (secondary N) is 1. The van der Waals surface area contributed by atoms with Crippen LogP contribution in [0.5, 0.6) is 5.75 Å². The van der Waals surface area contributed by atoms with Gasteiger partial charge < -0.3 is 26.0 Å². The van der Waals surface area contributed by atoms with Gasteiger partial charge in [0.1, 0.15) is 24.0 Å². The second-order valence-electron chi connectivity index (χ2n) is 7.35. The maximum Gasteiger partial charge on any atom is 0.247 e. The normalized spacial score (nSPS) is 22.4. The molecule has 1 aliphatic carbocycles. The van der Waals surface area contributed by atoms with E-state index in [1.54, 1.807) is 18.2 Å². The molecular weight excluding hydrogens is 442 g/mol. The number of nitrogens with zero attached hydrogens (tertiary/aromatic N) is 1. The lowest BCUT2D eigenvalue weighted by molar-refractivity contribution is -0.126. The Morgan fingerprint density at radius 1 is 1.41 bits per heavy atom. The number of aliphatic hydroxyl groups is 2. The summed E-state index contributed by atoms with van der Waals surface area (Å²) in [6.45, 7) is 3.81. The first-order valence-electron chi connectivity index (χ1n) is 9.15. The smallest absolute Gasteiger partial charge is 0.247 e. The largest absolute Gasteiger partial charge is 0.482 e. The number of carbonyl (C=O) groups is 2. The van der Waals surface area contributed by atoms with E-state index in [1.807, 2.05) is 19.9 Å². The standard InChI is InChI=1S/C20H24BrN3O5/c1-10(2)5-14(19(23)27)24-20(28)12-7-15(25)18(26)17(8-12)29-16-4-3-11(9-22)6-13(16)21/h3-4,6,8,10,14-15,17-18,25-26H,5,7H2,1-2H3,(H2,23,27)(H,24,28)/t14-,15-,17-,18-/m1/s1. The zero-order valence-electron chi connectivity index (χ0n) is 16.1. The number of nitriles is 1. The van der Waals surface area contributed by atoms with Crippen molar-refractivity contribution >= 4 is 27.7 Å². The van der Waals surface area contributed by atoms with E-state index in [-0.39, 0.29) is 17.9 Å². The number of primary amides is 1. The summed E-state index contributed by atoms with van der Waals surface area (Å²) in [5, 5.41) is 32.0. The Kier molecular flexibility index (Phi) is 7.79. The zero-order chi connectivity index (χ0) is 21.7. The Hall–Kier alpha value is -2.41. The quantitative estimate of drug-likeness (QED) is 0.474. The molecule has 0 spiro atoms. The van der Waals surface area contributed by atoms with E-state index in [1.165, 1.54) is 6.08 Å². The highest BCUT2D eigenvalue weighted by Gasteiger charge is 2.35. The van der Waals surface area contributed by atoms with Crippen LogP contribution < -0.4 is 15.8 Å². The first-order valence-corrected chi connectivity index (χ1v) is 9.95. The van der Waals surface area contributed by atoms with Crippen LogP contribution in [0.25, 0.3) is 0 Å². The molecule has 0 aromatic heterocycles. The van der Waals surface area contributed by atoms with Gasteiger partial charge in [-0.2, -0.15) is 5.26 Å². The number of halogens is 1. The van der Waals surface area contributed by atoms with Crippen molar-refractivity contribution in [1.29, 1.82) is 5.26 Å². The molecule has 2 rings (SSSR count). The Morgan fingerprint density at radius 3 is 2.66 bits per heavy atom. The van der Waals surface area contributed by atoms with Crippen LogP contribution in [0.2, 0.25) is 0 Å². The topological polar surface area (TPSA) is 146 Å². The first kappa shape index (κ1) is 22.9. The molecule has 5 N–H and O–H groups in total. The third kappa shape index (κ3) is 6.03. The molecule has 0 aliphatic heterocycles. The Balaban J connectivity index is 2.21. The van der Waals surface area contributed by atoms with Crippen molar-refractivity contribution in [2.45, 2.75) is 51.0 Å². The third-order valence-electron chi connectivity index (χ3n) is 4.50. The van der Waals surface area contributed by atoms with E-state index in [4.69, 9.17) is 15.7 Å². The minimum Gasteiger partial charge on any atom is -0.482 e. The number of aliphatic hydroxyl groups excluding tert-OH is 2. The van der Waals surface area contributed by atoms with E-state index in [0.29, 0.717) is 22.2 Å². The first-order chi connectivity index (χ1) is 13.6. The highest BCUT2D eigenvalue weighted by atomic mass is 79.9. The maximum absolute atomic E-state index is 12.6. The summed E-state index contributed by atoms with van der Waals surface area (Å²) in [5.41, 5.74) is 5.98. The molecule has 1 aromatic carbocycles. The van der Waals surface area contributed by atoms with Crippen molar-refractivity contribution in [3.8, 4) is 11.8 Å². The van der Waals surface area contributed by atoms with Crippen LogP contribution in [0, 0.1) is 17.2 Å². The van der Waals surface area contributed by atoms with Crippen molar-refractivity contribution in [3.63, 3.8) is 0 Å². The summed E-state index contributed by atoms with van der Waals surface area (Å²) in [5.74, 6) is -0.704. The molecule has 4 atom stereocenters. The molecule has 0 saturated heterocycles. The van der Waals surface area contributed by atoms with Crippen LogP contribution in [0.3, 0.4) is 0 Å². The van der Waals surface area contributed by atoms with E-state index >= 15 is 0 Å². The van der Waals surface area contributed by atoms with E-state index in [0.717, 1.165) is 0 Å². The van der Waals surface area contributed by atoms with Crippen LogP contribution in [-0.2, 0) is 9.59 Å². The molecule has 0 radical (unpaired) electrons. The van der Waals surface area contributed by atoms with Gasteiger partial charge in [-0.15, -0.1) is 0 Å². The maximum atomic E-state index is 12.6. The number of benzene rings is 1. The van der Waals surface area contributed by atoms with Gasteiger partial charge in [-0.05, 0) is 52.5 Å². The van der Waals surface area contributed by atoms with Gasteiger partial charge in [0.2, 0.25) is 11.8 Å². The molecular formula is C20H24BrN3O5. The highest BCUT2D eigenvalue weighted by molar-refractivity contribution is 9.10. The van der Waals surface area contributed by atoms with E-state index in [9.17, 15) is 19.8 Å². The zero-order valence-corrected chi connectivity index (χ0v) is 17.7. The highest BCUT2D eigenvalue weighted by Crippen LogP contribution is 2.30. The summed E-state index contributed by atoms with van der Waals surface area (Å²) in [6, 6.07) is 5.82. The second-order valence-corrected chi connectivity index (χ2v) is 8.21. The number of hydrogen-bond acceptors (Lipinski definition) is 6. The fourth-order valence-electron chi connectivity index (χ4n) is 2.98. The van der Waals surface area contributed by atoms with Gasteiger partial charge in [-0.1, -0.05) is 13.8 Å².